The van der Waals surface area contributed by atoms with E-state index in [9.17, 15) is 4.79 Å². The molecule has 1 heterocycles. The van der Waals surface area contributed by atoms with Crippen molar-refractivity contribution in [3.8, 4) is 0 Å². The van der Waals surface area contributed by atoms with Gasteiger partial charge in [-0.2, -0.15) is 0 Å². The van der Waals surface area contributed by atoms with Crippen LogP contribution in [0.3, 0.4) is 0 Å². The van der Waals surface area contributed by atoms with Gasteiger partial charge in [-0.25, -0.2) is 9.79 Å². The smallest absolute Gasteiger partial charge is 0.338 e. The first-order chi connectivity index (χ1) is 13.2. The minimum absolute atomic E-state index is 0.304. The molecule has 1 aliphatic rings. The highest BCUT2D eigenvalue weighted by Gasteiger charge is 2.37. The lowest BCUT2D eigenvalue weighted by atomic mass is 9.91. The van der Waals surface area contributed by atoms with Crippen molar-refractivity contribution in [1.82, 2.24) is 4.90 Å². The first-order valence-corrected chi connectivity index (χ1v) is 9.29. The number of hydrogen-bond donors (Lipinski definition) is 1. The van der Waals surface area contributed by atoms with Crippen LogP contribution in [-0.2, 0) is 9.53 Å². The lowest BCUT2D eigenvalue weighted by molar-refractivity contribution is -0.139. The molecule has 1 atom stereocenters. The third kappa shape index (κ3) is 3.87. The van der Waals surface area contributed by atoms with Gasteiger partial charge < -0.3 is 15.4 Å². The Kier molecular flexibility index (Phi) is 5.91. The zero-order chi connectivity index (χ0) is 19.2. The molecule has 2 aromatic rings. The summed E-state index contributed by atoms with van der Waals surface area (Å²) in [5, 5.41) is 0. The van der Waals surface area contributed by atoms with Crippen LogP contribution in [0.5, 0.6) is 0 Å². The molecular formula is C22H25N3O2. The van der Waals surface area contributed by atoms with E-state index in [-0.39, 0.29) is 12.0 Å². The Morgan fingerprint density at radius 3 is 2.30 bits per heavy atom. The summed E-state index contributed by atoms with van der Waals surface area (Å²) in [7, 11) is 0. The number of hydrogen-bond acceptors (Lipinski definition) is 5. The Balaban J connectivity index is 2.24. The summed E-state index contributed by atoms with van der Waals surface area (Å²) in [6.45, 7) is 4.89. The van der Waals surface area contributed by atoms with Crippen LogP contribution < -0.4 is 5.73 Å². The molecule has 0 bridgehead atoms. The molecule has 2 aromatic carbocycles. The molecule has 0 radical (unpaired) electrons. The fourth-order valence-electron chi connectivity index (χ4n) is 3.36. The molecule has 27 heavy (non-hydrogen) atoms. The van der Waals surface area contributed by atoms with E-state index in [1.165, 1.54) is 0 Å². The maximum absolute atomic E-state index is 13.0. The number of benzene rings is 2. The Morgan fingerprint density at radius 2 is 1.70 bits per heavy atom. The summed E-state index contributed by atoms with van der Waals surface area (Å²) in [5.74, 6) is 0.0557. The van der Waals surface area contributed by atoms with Crippen LogP contribution in [0.4, 0.5) is 0 Å². The van der Waals surface area contributed by atoms with Crippen molar-refractivity contribution in [3.63, 3.8) is 0 Å². The minimum atomic E-state index is -0.359. The predicted octanol–water partition coefficient (Wildman–Crippen LogP) is 3.74. The van der Waals surface area contributed by atoms with Gasteiger partial charge in [0.25, 0.3) is 0 Å². The van der Waals surface area contributed by atoms with Crippen molar-refractivity contribution in [1.29, 1.82) is 0 Å². The van der Waals surface area contributed by atoms with Crippen LogP contribution >= 0.6 is 0 Å². The van der Waals surface area contributed by atoms with Crippen LogP contribution in [0.15, 0.2) is 71.2 Å². The minimum Gasteiger partial charge on any atom is -0.463 e. The zero-order valence-electron chi connectivity index (χ0n) is 15.8. The molecule has 0 aromatic heterocycles. The number of ether oxygens (including phenoxy) is 1. The van der Waals surface area contributed by atoms with Crippen molar-refractivity contribution >= 4 is 17.6 Å². The van der Waals surface area contributed by atoms with Crippen LogP contribution in [-0.4, -0.2) is 30.0 Å². The summed E-state index contributed by atoms with van der Waals surface area (Å²) >= 11 is 0. The molecule has 0 saturated heterocycles. The zero-order valence-corrected chi connectivity index (χ0v) is 15.8. The van der Waals surface area contributed by atoms with Gasteiger partial charge in [0.1, 0.15) is 0 Å². The first-order valence-electron chi connectivity index (χ1n) is 9.29. The van der Waals surface area contributed by atoms with E-state index >= 15 is 0 Å². The molecule has 3 rings (SSSR count). The fraction of sp³-hybridized carbons (Fsp3) is 0.273. The van der Waals surface area contributed by atoms with Crippen molar-refractivity contribution in [2.24, 2.45) is 10.7 Å². The summed E-state index contributed by atoms with van der Waals surface area (Å²) < 4.78 is 5.41. The normalized spacial score (nSPS) is 16.9. The molecule has 5 nitrogen and oxygen atoms in total. The van der Waals surface area contributed by atoms with Gasteiger partial charge in [0, 0.05) is 12.1 Å². The molecule has 0 saturated carbocycles. The summed E-state index contributed by atoms with van der Waals surface area (Å²) in [5.41, 5.74) is 9.28. The second-order valence-electron chi connectivity index (χ2n) is 6.33. The van der Waals surface area contributed by atoms with Gasteiger partial charge in [-0.15, -0.1) is 0 Å². The SMILES string of the molecule is CCCN1C(N)=NC(c2ccccc2)=C(C(=O)OCC)C1c1ccccc1. The number of nitrogens with zero attached hydrogens (tertiary/aromatic N) is 2. The first kappa shape index (κ1) is 18.7. The number of nitrogens with two attached hydrogens (primary N) is 1. The van der Waals surface area contributed by atoms with Crippen LogP contribution in [0.2, 0.25) is 0 Å². The Bertz CT molecular complexity index is 844. The van der Waals surface area contributed by atoms with E-state index in [2.05, 4.69) is 11.9 Å². The fourth-order valence-corrected chi connectivity index (χ4v) is 3.36. The molecule has 1 aliphatic heterocycles. The maximum Gasteiger partial charge on any atom is 0.338 e. The summed E-state index contributed by atoms with van der Waals surface area (Å²) in [6, 6.07) is 19.2. The highest BCUT2D eigenvalue weighted by atomic mass is 16.5. The van der Waals surface area contributed by atoms with Gasteiger partial charge in [-0.05, 0) is 18.9 Å². The third-order valence-corrected chi connectivity index (χ3v) is 4.48. The van der Waals surface area contributed by atoms with Crippen molar-refractivity contribution in [2.45, 2.75) is 26.3 Å². The van der Waals surface area contributed by atoms with Crippen molar-refractivity contribution in [3.05, 3.63) is 77.4 Å². The van der Waals surface area contributed by atoms with Crippen LogP contribution in [0, 0.1) is 0 Å². The quantitative estimate of drug-likeness (QED) is 0.794. The summed E-state index contributed by atoms with van der Waals surface area (Å²) in [4.78, 5) is 19.6. The van der Waals surface area contributed by atoms with E-state index < -0.39 is 0 Å². The summed E-state index contributed by atoms with van der Waals surface area (Å²) in [6.07, 6.45) is 0.885. The van der Waals surface area contributed by atoms with Crippen LogP contribution in [0.1, 0.15) is 37.4 Å². The lowest BCUT2D eigenvalue weighted by Gasteiger charge is -2.37. The molecule has 1 unspecified atom stereocenters. The van der Waals surface area contributed by atoms with Gasteiger partial charge >= 0.3 is 5.97 Å². The molecule has 0 aliphatic carbocycles. The van der Waals surface area contributed by atoms with Crippen LogP contribution in [0.25, 0.3) is 5.70 Å². The average molecular weight is 363 g/mol. The van der Waals surface area contributed by atoms with Crippen molar-refractivity contribution < 1.29 is 9.53 Å². The number of guanidine groups is 1. The molecule has 0 amide bonds. The lowest BCUT2D eigenvalue weighted by Crippen LogP contribution is -2.45. The number of aliphatic imine (C=N–C) groups is 1. The average Bonchev–Trinajstić information content (AvgIpc) is 2.70. The van der Waals surface area contributed by atoms with Gasteiger partial charge in [0.2, 0.25) is 0 Å². The Hall–Kier alpha value is -3.08. The number of esters is 1. The van der Waals surface area contributed by atoms with Gasteiger partial charge in [0.15, 0.2) is 5.96 Å². The van der Waals surface area contributed by atoms with E-state index in [0.717, 1.165) is 17.5 Å². The molecular weight excluding hydrogens is 338 g/mol. The van der Waals surface area contributed by atoms with E-state index in [1.807, 2.05) is 72.5 Å². The number of carbonyl (C=O) groups excluding carboxylic acids is 1. The van der Waals surface area contributed by atoms with Gasteiger partial charge in [-0.1, -0.05) is 67.6 Å². The number of rotatable bonds is 6. The van der Waals surface area contributed by atoms with E-state index in [1.54, 1.807) is 0 Å². The topological polar surface area (TPSA) is 67.9 Å². The van der Waals surface area contributed by atoms with Crippen molar-refractivity contribution in [2.75, 3.05) is 13.2 Å². The largest absolute Gasteiger partial charge is 0.463 e. The standard InChI is InChI=1S/C22H25N3O2/c1-3-15-25-20(17-13-9-6-10-14-17)18(21(26)27-4-2)19(24-22(25)23)16-11-7-5-8-12-16/h5-14,20H,3-4,15H2,1-2H3,(H2,23,24). The predicted molar refractivity (Wildman–Crippen MR) is 108 cm³/mol. The maximum atomic E-state index is 13.0. The van der Waals surface area contributed by atoms with Gasteiger partial charge in [0.05, 0.1) is 23.9 Å². The third-order valence-electron chi connectivity index (χ3n) is 4.48. The number of carbonyl (C=O) groups is 1. The monoisotopic (exact) mass is 363 g/mol. The second-order valence-corrected chi connectivity index (χ2v) is 6.33. The van der Waals surface area contributed by atoms with E-state index in [4.69, 9.17) is 10.5 Å². The molecule has 2 N–H and O–H groups in total. The molecule has 0 fully saturated rings. The molecule has 5 heteroatoms. The Morgan fingerprint density at radius 1 is 1.07 bits per heavy atom. The molecule has 140 valence electrons. The van der Waals surface area contributed by atoms with E-state index in [0.29, 0.717) is 30.4 Å². The second kappa shape index (κ2) is 8.54. The van der Waals surface area contributed by atoms with Gasteiger partial charge in [-0.3, -0.25) is 0 Å². The Labute approximate surface area is 160 Å². The highest BCUT2D eigenvalue weighted by Crippen LogP contribution is 2.38. The molecule has 0 spiro atoms. The highest BCUT2D eigenvalue weighted by molar-refractivity contribution is 6.03.